The Morgan fingerprint density at radius 2 is 1.30 bits per heavy atom. The average Bonchev–Trinajstić information content (AvgIpc) is 4.27. The second kappa shape index (κ2) is 27.8. The highest BCUT2D eigenvalue weighted by atomic mass is 32.1. The van der Waals surface area contributed by atoms with Crippen molar-refractivity contribution in [3.05, 3.63) is 106 Å². The van der Waals surface area contributed by atoms with Crippen molar-refractivity contribution < 1.29 is 38.5 Å². The number of nitrogens with zero attached hydrogens (tertiary/aromatic N) is 3. The van der Waals surface area contributed by atoms with Gasteiger partial charge < -0.3 is 40.6 Å². The second-order valence-electron chi connectivity index (χ2n) is 20.8. The molecule has 4 atom stereocenters. The molecule has 2 aromatic heterocycles. The maximum Gasteiger partial charge on any atom is 0.408 e. The molecular weight excluding hydrogens is 1010 g/mol. The Kier molecular flexibility index (Phi) is 22.5. The van der Waals surface area contributed by atoms with Gasteiger partial charge in [0.2, 0.25) is 5.91 Å². The average molecular weight is 1090 g/mol. The number of nitrogens with one attached hydrogen (secondary N) is 2. The van der Waals surface area contributed by atoms with Gasteiger partial charge in [-0.25, -0.2) is 19.6 Å². The number of fused-ring (bicyclic) bond motifs is 2. The third-order valence-corrected chi connectivity index (χ3v) is 16.7. The van der Waals surface area contributed by atoms with E-state index in [-0.39, 0.29) is 53.5 Å². The molecule has 0 bridgehead atoms. The largest absolute Gasteiger partial charge is 0.480 e. The van der Waals surface area contributed by atoms with Crippen molar-refractivity contribution in [2.45, 2.75) is 163 Å². The Hall–Kier alpha value is -5.62. The van der Waals surface area contributed by atoms with Gasteiger partial charge in [-0.15, -0.1) is 22.7 Å². The third kappa shape index (κ3) is 15.2. The first-order chi connectivity index (χ1) is 35.2. The standard InChI is InChI=1S/C25H27N3O2S.C17H16N2S.C15H25NO6.4CH4/c26-23(17-10-12-18(29)13-11-17)25(30)28-14-4-9-22(28)24-27-21(15-31-24)20-8-3-6-16-5-1-2-7-19(16)20;1-2-7-13-12(5-1)6-3-8-14(13)16-11-20-17(19-16)15-9-4-10-18-15;1-14(2,3)22-13(19)16-11(12(17)18)10-4-6-15(7-5-10)20-8-9-21-15;;;;/h1-3,5-8,15,17,22-23H,4,9-14,26H2;1-3,5-8,11,15,18H,4,9-10H2;10-11H,4-9H2,1-3H3,(H,16,19)(H,17,18);4*1H4/t22-,23?;15-;;;;;/m00...../s1. The molecule has 5 aliphatic rings. The number of amides is 2. The molecule has 2 unspecified atom stereocenters. The lowest BCUT2D eigenvalue weighted by Crippen LogP contribution is -2.50. The maximum atomic E-state index is 13.3. The smallest absolute Gasteiger partial charge is 0.408 e. The number of aliphatic carboxylic acids is 1. The van der Waals surface area contributed by atoms with Crippen LogP contribution in [0, 0.1) is 11.8 Å². The molecule has 418 valence electrons. The Morgan fingerprint density at radius 3 is 1.84 bits per heavy atom. The minimum absolute atomic E-state index is 0. The molecular formula is C61H84N6O8S2. The Bertz CT molecular complexity index is 2860. The number of likely N-dealkylation sites (tertiary alicyclic amines) is 1. The minimum atomic E-state index is -1.04. The maximum absolute atomic E-state index is 13.3. The number of carbonyl (C=O) groups excluding carboxylic acids is 3. The summed E-state index contributed by atoms with van der Waals surface area (Å²) in [5, 5.41) is 26.9. The van der Waals surface area contributed by atoms with Crippen molar-refractivity contribution in [3.8, 4) is 22.5 Å². The first kappa shape index (κ1) is 62.2. The van der Waals surface area contributed by atoms with Gasteiger partial charge in [-0.1, -0.05) is 115 Å². The summed E-state index contributed by atoms with van der Waals surface area (Å²) in [5.41, 5.74) is 10.2. The van der Waals surface area contributed by atoms with E-state index < -0.39 is 35.5 Å². The molecule has 3 aliphatic heterocycles. The fourth-order valence-electron chi connectivity index (χ4n) is 10.9. The first-order valence-electron chi connectivity index (χ1n) is 25.9. The molecule has 77 heavy (non-hydrogen) atoms. The first-order valence-corrected chi connectivity index (χ1v) is 27.7. The number of alkyl carbamates (subject to hydrolysis) is 1. The number of ketones is 1. The number of nitrogens with two attached hydrogens (primary N) is 1. The van der Waals surface area contributed by atoms with Crippen LogP contribution in [0.5, 0.6) is 0 Å². The van der Waals surface area contributed by atoms with E-state index in [4.69, 9.17) is 29.9 Å². The highest BCUT2D eigenvalue weighted by Crippen LogP contribution is 2.41. The van der Waals surface area contributed by atoms with Gasteiger partial charge in [-0.3, -0.25) is 9.59 Å². The van der Waals surface area contributed by atoms with E-state index in [0.717, 1.165) is 60.7 Å². The van der Waals surface area contributed by atoms with Crippen molar-refractivity contribution in [3.63, 3.8) is 0 Å². The summed E-state index contributed by atoms with van der Waals surface area (Å²) >= 11 is 3.41. The molecule has 16 heteroatoms. The number of aromatic nitrogens is 2. The normalized spacial score (nSPS) is 19.9. The molecule has 3 saturated heterocycles. The van der Waals surface area contributed by atoms with E-state index in [2.05, 4.69) is 100 Å². The number of carbonyl (C=O) groups is 4. The van der Waals surface area contributed by atoms with Crippen LogP contribution in [0.3, 0.4) is 0 Å². The van der Waals surface area contributed by atoms with E-state index in [0.29, 0.717) is 63.6 Å². The van der Waals surface area contributed by atoms with Gasteiger partial charge in [0.1, 0.15) is 27.4 Å². The van der Waals surface area contributed by atoms with E-state index in [9.17, 15) is 24.3 Å². The van der Waals surface area contributed by atoms with Crippen LogP contribution in [0.15, 0.2) is 95.7 Å². The van der Waals surface area contributed by atoms with E-state index in [1.165, 1.54) is 45.0 Å². The number of benzene rings is 4. The summed E-state index contributed by atoms with van der Waals surface area (Å²) in [7, 11) is 0. The molecule has 5 N–H and O–H groups in total. The van der Waals surface area contributed by atoms with Gasteiger partial charge in [0, 0.05) is 54.1 Å². The zero-order valence-electron chi connectivity index (χ0n) is 42.1. The number of thiazole rings is 2. The van der Waals surface area contributed by atoms with E-state index in [1.54, 1.807) is 43.4 Å². The van der Waals surface area contributed by atoms with Crippen molar-refractivity contribution in [1.82, 2.24) is 25.5 Å². The highest BCUT2D eigenvalue weighted by molar-refractivity contribution is 7.10. The number of hydrogen-bond donors (Lipinski definition) is 4. The van der Waals surface area contributed by atoms with Gasteiger partial charge in [-0.05, 0) is 112 Å². The van der Waals surface area contributed by atoms with Gasteiger partial charge in [0.25, 0.3) is 0 Å². The predicted octanol–water partition coefficient (Wildman–Crippen LogP) is 13.5. The summed E-state index contributed by atoms with van der Waals surface area (Å²) in [6.07, 6.45) is 8.78. The van der Waals surface area contributed by atoms with Crippen LogP contribution in [0.4, 0.5) is 4.79 Å². The molecule has 14 nitrogen and oxygen atoms in total. The summed E-state index contributed by atoms with van der Waals surface area (Å²) in [4.78, 5) is 59.9. The lowest BCUT2D eigenvalue weighted by atomic mass is 9.80. The van der Waals surface area contributed by atoms with Gasteiger partial charge >= 0.3 is 12.1 Å². The van der Waals surface area contributed by atoms with E-state index in [1.807, 2.05) is 11.0 Å². The Balaban J connectivity index is 0.000000214. The third-order valence-electron chi connectivity index (χ3n) is 14.8. The van der Waals surface area contributed by atoms with Crippen LogP contribution < -0.4 is 16.4 Å². The fourth-order valence-corrected chi connectivity index (χ4v) is 12.8. The summed E-state index contributed by atoms with van der Waals surface area (Å²) < 4.78 is 16.4. The minimum Gasteiger partial charge on any atom is -0.480 e. The van der Waals surface area contributed by atoms with Crippen LogP contribution in [0.1, 0.15) is 150 Å². The fraction of sp³-hybridized carbons (Fsp3) is 0.508. The van der Waals surface area contributed by atoms with Gasteiger partial charge in [0.05, 0.1) is 42.7 Å². The van der Waals surface area contributed by atoms with Crippen molar-refractivity contribution >= 4 is 68.0 Å². The van der Waals surface area contributed by atoms with Crippen LogP contribution in [0.2, 0.25) is 0 Å². The molecule has 2 amide bonds. The lowest BCUT2D eigenvalue weighted by Gasteiger charge is -2.37. The van der Waals surface area contributed by atoms with Crippen LogP contribution in [0.25, 0.3) is 44.1 Å². The quantitative estimate of drug-likeness (QED) is 0.107. The molecule has 2 saturated carbocycles. The molecule has 1 spiro atoms. The van der Waals surface area contributed by atoms with Crippen molar-refractivity contribution in [2.24, 2.45) is 17.6 Å². The molecule has 6 aromatic rings. The number of hydrogen-bond acceptors (Lipinski definition) is 13. The summed E-state index contributed by atoms with van der Waals surface area (Å²) in [5.74, 6) is -1.31. The Morgan fingerprint density at radius 1 is 0.753 bits per heavy atom. The number of rotatable bonds is 9. The molecule has 0 radical (unpaired) electrons. The zero-order valence-corrected chi connectivity index (χ0v) is 43.7. The Labute approximate surface area is 464 Å². The summed E-state index contributed by atoms with van der Waals surface area (Å²) in [6, 6.07) is 28.6. The van der Waals surface area contributed by atoms with Crippen LogP contribution in [-0.4, -0.2) is 93.5 Å². The SMILES string of the molecule is C.C.C.C.CC(C)(C)OC(=O)NC(C(=O)O)C1CCC2(CC1)OCCO2.NC(C(=O)N1CCC[C@H]1c1nc(-c2cccc3ccccc23)cs1)C1CCC(=O)CC1.c1ccc2c(-c3csc([C@@H]4CCCN4)n3)cccc2c1. The number of carboxylic acid groups (broad SMARTS) is 1. The zero-order chi connectivity index (χ0) is 51.1. The number of ether oxygens (including phenoxy) is 3. The topological polar surface area (TPSA) is 195 Å². The molecule has 11 rings (SSSR count). The van der Waals surface area contributed by atoms with Crippen LogP contribution in [-0.2, 0) is 28.6 Å². The monoisotopic (exact) mass is 1090 g/mol. The molecule has 2 aliphatic carbocycles. The lowest BCUT2D eigenvalue weighted by molar-refractivity contribution is -0.185. The van der Waals surface area contributed by atoms with Crippen molar-refractivity contribution in [2.75, 3.05) is 26.3 Å². The molecule has 4 aromatic carbocycles. The molecule has 5 fully saturated rings. The van der Waals surface area contributed by atoms with E-state index >= 15 is 0 Å². The number of Topliss-reactive ketones (excluding diaryl/α,β-unsaturated/α-hetero) is 1. The summed E-state index contributed by atoms with van der Waals surface area (Å²) in [6.45, 7) is 8.23. The second-order valence-corrected chi connectivity index (χ2v) is 22.6. The molecule has 5 heterocycles. The van der Waals surface area contributed by atoms with Crippen LogP contribution >= 0.6 is 22.7 Å². The number of carboxylic acids is 1. The van der Waals surface area contributed by atoms with Gasteiger partial charge in [-0.2, -0.15) is 0 Å². The predicted molar refractivity (Wildman–Crippen MR) is 313 cm³/mol. The van der Waals surface area contributed by atoms with Crippen molar-refractivity contribution in [1.29, 1.82) is 0 Å². The highest BCUT2D eigenvalue weighted by Gasteiger charge is 2.44. The van der Waals surface area contributed by atoms with Gasteiger partial charge in [0.15, 0.2) is 5.79 Å².